The first-order valence-corrected chi connectivity index (χ1v) is 4.15. The number of ether oxygens (including phenoxy) is 1. The van der Waals surface area contributed by atoms with Gasteiger partial charge in [0.2, 0.25) is 0 Å². The Bertz CT molecular complexity index is 304. The molecule has 72 valence electrons. The van der Waals surface area contributed by atoms with Gasteiger partial charge >= 0.3 is 0 Å². The molecular weight excluding hydrogens is 169 g/mol. The summed E-state index contributed by atoms with van der Waals surface area (Å²) in [7, 11) is 1.44. The van der Waals surface area contributed by atoms with Gasteiger partial charge in [0.1, 0.15) is 0 Å². The minimum absolute atomic E-state index is 0.0337. The average Bonchev–Trinajstić information content (AvgIpc) is 2.03. The van der Waals surface area contributed by atoms with Crippen LogP contribution in [0.1, 0.15) is 26.3 Å². The van der Waals surface area contributed by atoms with Crippen LogP contribution in [0.2, 0.25) is 0 Å². The lowest BCUT2D eigenvalue weighted by Crippen LogP contribution is -2.12. The molecule has 0 saturated carbocycles. The zero-order valence-corrected chi connectivity index (χ0v) is 8.39. The molecule has 0 aliphatic rings. The van der Waals surface area contributed by atoms with E-state index < -0.39 is 5.95 Å². The van der Waals surface area contributed by atoms with Crippen LogP contribution in [0.3, 0.4) is 0 Å². The molecule has 0 aliphatic heterocycles. The van der Waals surface area contributed by atoms with E-state index in [1.165, 1.54) is 13.3 Å². The Kier molecular flexibility index (Phi) is 2.55. The first-order valence-electron chi connectivity index (χ1n) is 4.15. The Morgan fingerprint density at radius 3 is 2.46 bits per heavy atom. The van der Waals surface area contributed by atoms with Crippen LogP contribution in [-0.2, 0) is 5.41 Å². The quantitative estimate of drug-likeness (QED) is 0.624. The van der Waals surface area contributed by atoms with Crippen molar-refractivity contribution in [3.8, 4) is 5.75 Å². The Balaban J connectivity index is 3.14. The van der Waals surface area contributed by atoms with Crippen molar-refractivity contribution in [1.29, 1.82) is 0 Å². The van der Waals surface area contributed by atoms with E-state index in [-0.39, 0.29) is 11.2 Å². The van der Waals surface area contributed by atoms with Crippen molar-refractivity contribution >= 4 is 0 Å². The Morgan fingerprint density at radius 2 is 2.00 bits per heavy atom. The molecule has 0 fully saturated rings. The lowest BCUT2D eigenvalue weighted by atomic mass is 9.88. The molecule has 1 aromatic heterocycles. The summed E-state index contributed by atoms with van der Waals surface area (Å²) in [4.78, 5) is 3.62. The van der Waals surface area contributed by atoms with Crippen molar-refractivity contribution in [3.05, 3.63) is 23.8 Å². The standard InChI is InChI=1S/C10H14FNO/c1-10(2,3)7-5-8(13-4)9(11)12-6-7/h5-6H,1-4H3. The van der Waals surface area contributed by atoms with Crippen LogP contribution < -0.4 is 4.74 Å². The normalized spacial score (nSPS) is 11.5. The lowest BCUT2D eigenvalue weighted by Gasteiger charge is -2.18. The zero-order chi connectivity index (χ0) is 10.1. The summed E-state index contributed by atoms with van der Waals surface area (Å²) in [6, 6.07) is 1.68. The molecule has 13 heavy (non-hydrogen) atoms. The molecule has 0 aromatic carbocycles. The molecule has 0 atom stereocenters. The van der Waals surface area contributed by atoms with Crippen molar-refractivity contribution in [2.75, 3.05) is 7.11 Å². The fourth-order valence-corrected chi connectivity index (χ4v) is 0.981. The largest absolute Gasteiger partial charge is 0.492 e. The monoisotopic (exact) mass is 183 g/mol. The fourth-order valence-electron chi connectivity index (χ4n) is 0.981. The van der Waals surface area contributed by atoms with E-state index in [9.17, 15) is 4.39 Å². The molecule has 3 heteroatoms. The van der Waals surface area contributed by atoms with Crippen LogP contribution in [0.4, 0.5) is 4.39 Å². The molecule has 0 unspecified atom stereocenters. The highest BCUT2D eigenvalue weighted by atomic mass is 19.1. The van der Waals surface area contributed by atoms with Gasteiger partial charge in [0, 0.05) is 6.20 Å². The van der Waals surface area contributed by atoms with Gasteiger partial charge in [-0.1, -0.05) is 20.8 Å². The highest BCUT2D eigenvalue weighted by Crippen LogP contribution is 2.25. The molecule has 0 N–H and O–H groups in total. The molecule has 1 rings (SSSR count). The van der Waals surface area contributed by atoms with Crippen molar-refractivity contribution < 1.29 is 9.13 Å². The van der Waals surface area contributed by atoms with Gasteiger partial charge in [0.05, 0.1) is 7.11 Å². The summed E-state index contributed by atoms with van der Waals surface area (Å²) < 4.78 is 17.8. The number of methoxy groups -OCH3 is 1. The van der Waals surface area contributed by atoms with E-state index in [0.717, 1.165) is 5.56 Å². The van der Waals surface area contributed by atoms with Gasteiger partial charge in [-0.3, -0.25) is 0 Å². The van der Waals surface area contributed by atoms with E-state index in [0.29, 0.717) is 0 Å². The number of nitrogens with zero attached hydrogens (tertiary/aromatic N) is 1. The van der Waals surface area contributed by atoms with Gasteiger partial charge < -0.3 is 4.74 Å². The molecule has 0 aliphatic carbocycles. The summed E-state index contributed by atoms with van der Waals surface area (Å²) in [5.74, 6) is -0.358. The number of halogens is 1. The highest BCUT2D eigenvalue weighted by Gasteiger charge is 2.16. The van der Waals surface area contributed by atoms with Crippen molar-refractivity contribution in [3.63, 3.8) is 0 Å². The van der Waals surface area contributed by atoms with Crippen molar-refractivity contribution in [1.82, 2.24) is 4.98 Å². The first kappa shape index (κ1) is 9.96. The molecule has 0 spiro atoms. The van der Waals surface area contributed by atoms with Gasteiger partial charge in [0.25, 0.3) is 5.95 Å². The molecular formula is C10H14FNO. The maximum atomic E-state index is 12.9. The number of rotatable bonds is 1. The first-order chi connectivity index (χ1) is 5.95. The minimum atomic E-state index is -0.560. The predicted molar refractivity (Wildman–Crippen MR) is 49.4 cm³/mol. The summed E-state index contributed by atoms with van der Waals surface area (Å²) >= 11 is 0. The Hall–Kier alpha value is -1.12. The second kappa shape index (κ2) is 3.32. The highest BCUT2D eigenvalue weighted by molar-refractivity contribution is 5.29. The smallest absolute Gasteiger partial charge is 0.255 e. The van der Waals surface area contributed by atoms with Crippen LogP contribution in [0, 0.1) is 5.95 Å². The summed E-state index contributed by atoms with van der Waals surface area (Å²) in [6.45, 7) is 6.13. The van der Waals surface area contributed by atoms with E-state index >= 15 is 0 Å². The summed E-state index contributed by atoms with van der Waals surface area (Å²) in [5, 5.41) is 0. The predicted octanol–water partition coefficient (Wildman–Crippen LogP) is 2.53. The molecule has 0 saturated heterocycles. The molecule has 0 amide bonds. The summed E-state index contributed by atoms with van der Waals surface area (Å²) in [5.41, 5.74) is 0.930. The van der Waals surface area contributed by atoms with Crippen LogP contribution >= 0.6 is 0 Å². The number of hydrogen-bond acceptors (Lipinski definition) is 2. The molecule has 0 radical (unpaired) electrons. The Labute approximate surface area is 77.8 Å². The minimum Gasteiger partial charge on any atom is -0.492 e. The van der Waals surface area contributed by atoms with E-state index in [1.807, 2.05) is 20.8 Å². The maximum Gasteiger partial charge on any atom is 0.255 e. The van der Waals surface area contributed by atoms with Crippen LogP contribution in [0.15, 0.2) is 12.3 Å². The van der Waals surface area contributed by atoms with E-state index in [1.54, 1.807) is 6.07 Å². The third-order valence-corrected chi connectivity index (χ3v) is 1.89. The second-order valence-corrected chi connectivity index (χ2v) is 3.97. The Morgan fingerprint density at radius 1 is 1.38 bits per heavy atom. The van der Waals surface area contributed by atoms with Gasteiger partial charge in [-0.05, 0) is 17.0 Å². The number of aromatic nitrogens is 1. The molecule has 1 aromatic rings. The third kappa shape index (κ3) is 2.17. The van der Waals surface area contributed by atoms with Gasteiger partial charge in [-0.2, -0.15) is 4.39 Å². The van der Waals surface area contributed by atoms with Crippen LogP contribution in [0.25, 0.3) is 0 Å². The van der Waals surface area contributed by atoms with E-state index in [4.69, 9.17) is 4.74 Å². The lowest BCUT2D eigenvalue weighted by molar-refractivity contribution is 0.375. The third-order valence-electron chi connectivity index (χ3n) is 1.89. The fraction of sp³-hybridized carbons (Fsp3) is 0.500. The SMILES string of the molecule is COc1cc(C(C)(C)C)cnc1F. The van der Waals surface area contributed by atoms with Crippen molar-refractivity contribution in [2.24, 2.45) is 0 Å². The molecule has 2 nitrogen and oxygen atoms in total. The maximum absolute atomic E-state index is 12.9. The second-order valence-electron chi connectivity index (χ2n) is 3.97. The van der Waals surface area contributed by atoms with Gasteiger partial charge in [-0.15, -0.1) is 0 Å². The van der Waals surface area contributed by atoms with E-state index in [2.05, 4.69) is 4.98 Å². The summed E-state index contributed by atoms with van der Waals surface area (Å²) in [6.07, 6.45) is 1.54. The zero-order valence-electron chi connectivity index (χ0n) is 8.39. The molecule has 0 bridgehead atoms. The molecule has 1 heterocycles. The number of hydrogen-bond donors (Lipinski definition) is 0. The number of pyridine rings is 1. The topological polar surface area (TPSA) is 22.1 Å². The van der Waals surface area contributed by atoms with Gasteiger partial charge in [0.15, 0.2) is 5.75 Å². The van der Waals surface area contributed by atoms with Crippen molar-refractivity contribution in [2.45, 2.75) is 26.2 Å². The van der Waals surface area contributed by atoms with Crippen LogP contribution in [0.5, 0.6) is 5.75 Å². The van der Waals surface area contributed by atoms with Crippen LogP contribution in [-0.4, -0.2) is 12.1 Å². The average molecular weight is 183 g/mol. The van der Waals surface area contributed by atoms with Gasteiger partial charge in [-0.25, -0.2) is 4.98 Å².